The number of hydrogen-bond donors (Lipinski definition) is 1. The fourth-order valence-corrected chi connectivity index (χ4v) is 2.62. The molecule has 0 heterocycles. The number of para-hydroxylation sites is 1. The maximum Gasteiger partial charge on any atom is 0.159 e. The molecular formula is C17H12FN3S. The van der Waals surface area contributed by atoms with Crippen LogP contribution in [0.25, 0.3) is 0 Å². The first-order valence-electron chi connectivity index (χ1n) is 6.46. The van der Waals surface area contributed by atoms with Gasteiger partial charge in [-0.2, -0.15) is 10.5 Å². The fraction of sp³-hybridized carbons (Fsp3) is 0.0588. The Bertz CT molecular complexity index is 724. The molecule has 2 rings (SSSR count). The highest BCUT2D eigenvalue weighted by atomic mass is 32.2. The maximum atomic E-state index is 12.9. The Morgan fingerprint density at radius 1 is 1.00 bits per heavy atom. The summed E-state index contributed by atoms with van der Waals surface area (Å²) >= 11 is 1.33. The summed E-state index contributed by atoms with van der Waals surface area (Å²) in [6, 6.07) is 19.2. The minimum Gasteiger partial charge on any atom is -0.349 e. The third-order valence-corrected chi connectivity index (χ3v) is 3.85. The minimum atomic E-state index is -0.290. The lowest BCUT2D eigenvalue weighted by Crippen LogP contribution is -2.00. The first-order valence-corrected chi connectivity index (χ1v) is 7.45. The Morgan fingerprint density at radius 3 is 2.23 bits per heavy atom. The highest BCUT2D eigenvalue weighted by molar-refractivity contribution is 8.02. The molecule has 22 heavy (non-hydrogen) atoms. The summed E-state index contributed by atoms with van der Waals surface area (Å²) in [7, 11) is 0. The Morgan fingerprint density at radius 2 is 1.64 bits per heavy atom. The van der Waals surface area contributed by atoms with Gasteiger partial charge in [0, 0.05) is 11.4 Å². The molecule has 0 saturated carbocycles. The van der Waals surface area contributed by atoms with Gasteiger partial charge in [-0.3, -0.25) is 0 Å². The quantitative estimate of drug-likeness (QED) is 0.830. The van der Waals surface area contributed by atoms with Crippen LogP contribution in [0, 0.1) is 28.5 Å². The zero-order chi connectivity index (χ0) is 15.8. The zero-order valence-electron chi connectivity index (χ0n) is 11.6. The predicted molar refractivity (Wildman–Crippen MR) is 86.0 cm³/mol. The summed E-state index contributed by atoms with van der Waals surface area (Å²) in [6.45, 7) is 0. The van der Waals surface area contributed by atoms with E-state index in [1.54, 1.807) is 12.1 Å². The molecule has 0 unspecified atom stereocenters. The van der Waals surface area contributed by atoms with Crippen LogP contribution in [0.1, 0.15) is 5.56 Å². The summed E-state index contributed by atoms with van der Waals surface area (Å²) < 4.78 is 12.9. The van der Waals surface area contributed by atoms with E-state index >= 15 is 0 Å². The first-order chi connectivity index (χ1) is 10.7. The number of anilines is 1. The molecule has 0 amide bonds. The second-order valence-corrected chi connectivity index (χ2v) is 5.32. The van der Waals surface area contributed by atoms with E-state index in [1.165, 1.54) is 23.9 Å². The van der Waals surface area contributed by atoms with Crippen molar-refractivity contribution in [2.24, 2.45) is 0 Å². The number of thioether (sulfide) groups is 1. The second-order valence-electron chi connectivity index (χ2n) is 4.33. The standard InChI is InChI=1S/C17H12FN3S/c18-15-8-6-13(7-9-15)12-22-17(14(10-19)11-20)21-16-4-2-1-3-5-16/h1-9,21H,12H2. The molecular weight excluding hydrogens is 297 g/mol. The largest absolute Gasteiger partial charge is 0.349 e. The van der Waals surface area contributed by atoms with Crippen molar-refractivity contribution < 1.29 is 4.39 Å². The molecule has 0 aliphatic heterocycles. The molecule has 0 aliphatic rings. The molecule has 5 heteroatoms. The third kappa shape index (κ3) is 4.37. The summed E-state index contributed by atoms with van der Waals surface area (Å²) in [5.74, 6) is 0.240. The number of halogens is 1. The van der Waals surface area contributed by atoms with Crippen molar-refractivity contribution >= 4 is 17.4 Å². The van der Waals surface area contributed by atoms with E-state index in [1.807, 2.05) is 42.5 Å². The van der Waals surface area contributed by atoms with Crippen LogP contribution in [-0.4, -0.2) is 0 Å². The lowest BCUT2D eigenvalue weighted by molar-refractivity contribution is 0.627. The molecule has 1 N–H and O–H groups in total. The zero-order valence-corrected chi connectivity index (χ0v) is 12.4. The van der Waals surface area contributed by atoms with Crippen molar-refractivity contribution in [3.63, 3.8) is 0 Å². The van der Waals surface area contributed by atoms with Crippen LogP contribution in [0.3, 0.4) is 0 Å². The summed E-state index contributed by atoms with van der Waals surface area (Å²) in [4.78, 5) is 0. The summed E-state index contributed by atoms with van der Waals surface area (Å²) in [5.41, 5.74) is 1.73. The lowest BCUT2D eigenvalue weighted by atomic mass is 10.2. The minimum absolute atomic E-state index is 0.0240. The molecule has 2 aromatic rings. The van der Waals surface area contributed by atoms with Gasteiger partial charge in [-0.25, -0.2) is 4.39 Å². The number of nitrogens with zero attached hydrogens (tertiary/aromatic N) is 2. The molecule has 0 fully saturated rings. The van der Waals surface area contributed by atoms with Gasteiger partial charge in [-0.15, -0.1) is 11.8 Å². The molecule has 0 atom stereocenters. The lowest BCUT2D eigenvalue weighted by Gasteiger charge is -2.10. The van der Waals surface area contributed by atoms with Crippen molar-refractivity contribution in [3.8, 4) is 12.1 Å². The van der Waals surface area contributed by atoms with E-state index in [4.69, 9.17) is 10.5 Å². The first kappa shape index (κ1) is 15.6. The normalized spacial score (nSPS) is 9.41. The molecule has 0 aromatic heterocycles. The van der Waals surface area contributed by atoms with Gasteiger partial charge in [0.25, 0.3) is 0 Å². The van der Waals surface area contributed by atoms with E-state index in [0.717, 1.165) is 11.3 Å². The van der Waals surface area contributed by atoms with Crippen molar-refractivity contribution in [1.29, 1.82) is 10.5 Å². The smallest absolute Gasteiger partial charge is 0.159 e. The topological polar surface area (TPSA) is 59.6 Å². The average molecular weight is 309 g/mol. The van der Waals surface area contributed by atoms with E-state index in [-0.39, 0.29) is 11.4 Å². The van der Waals surface area contributed by atoms with Crippen LogP contribution < -0.4 is 5.32 Å². The molecule has 0 saturated heterocycles. The number of nitriles is 2. The van der Waals surface area contributed by atoms with Gasteiger partial charge in [-0.1, -0.05) is 30.3 Å². The van der Waals surface area contributed by atoms with Crippen LogP contribution in [0.5, 0.6) is 0 Å². The van der Waals surface area contributed by atoms with Gasteiger partial charge >= 0.3 is 0 Å². The van der Waals surface area contributed by atoms with Crippen LogP contribution in [0.4, 0.5) is 10.1 Å². The van der Waals surface area contributed by atoms with E-state index < -0.39 is 0 Å². The highest BCUT2D eigenvalue weighted by Gasteiger charge is 2.08. The van der Waals surface area contributed by atoms with Gasteiger partial charge in [0.1, 0.15) is 23.0 Å². The monoisotopic (exact) mass is 309 g/mol. The predicted octanol–water partition coefficient (Wildman–Crippen LogP) is 4.43. The average Bonchev–Trinajstić information content (AvgIpc) is 2.56. The van der Waals surface area contributed by atoms with Gasteiger partial charge < -0.3 is 5.32 Å². The van der Waals surface area contributed by atoms with Gasteiger partial charge in [0.2, 0.25) is 0 Å². The number of allylic oxidation sites excluding steroid dienone is 1. The molecule has 0 bridgehead atoms. The highest BCUT2D eigenvalue weighted by Crippen LogP contribution is 2.26. The number of benzene rings is 2. The van der Waals surface area contributed by atoms with Crippen molar-refractivity contribution in [2.45, 2.75) is 5.75 Å². The Kier molecular flexibility index (Phi) is 5.59. The fourth-order valence-electron chi connectivity index (χ4n) is 1.69. The SMILES string of the molecule is N#CC(C#N)=C(Nc1ccccc1)SCc1ccc(F)cc1. The molecule has 3 nitrogen and oxygen atoms in total. The number of rotatable bonds is 5. The van der Waals surface area contributed by atoms with Crippen LogP contribution in [0.15, 0.2) is 65.2 Å². The second kappa shape index (κ2) is 7.87. The van der Waals surface area contributed by atoms with Crippen molar-refractivity contribution in [1.82, 2.24) is 0 Å². The Hall–Kier alpha value is -2.76. The van der Waals surface area contributed by atoms with Crippen LogP contribution >= 0.6 is 11.8 Å². The van der Waals surface area contributed by atoms with Gasteiger partial charge in [-0.05, 0) is 29.8 Å². The van der Waals surface area contributed by atoms with Crippen LogP contribution in [0.2, 0.25) is 0 Å². The third-order valence-electron chi connectivity index (χ3n) is 2.78. The molecule has 0 aliphatic carbocycles. The molecule has 2 aromatic carbocycles. The van der Waals surface area contributed by atoms with E-state index in [9.17, 15) is 4.39 Å². The van der Waals surface area contributed by atoms with Crippen molar-refractivity contribution in [2.75, 3.05) is 5.32 Å². The molecule has 108 valence electrons. The molecule has 0 radical (unpaired) electrons. The van der Waals surface area contributed by atoms with Gasteiger partial charge in [0.15, 0.2) is 5.57 Å². The van der Waals surface area contributed by atoms with Crippen LogP contribution in [-0.2, 0) is 5.75 Å². The van der Waals surface area contributed by atoms with E-state index in [0.29, 0.717) is 10.8 Å². The van der Waals surface area contributed by atoms with Crippen molar-refractivity contribution in [3.05, 3.63) is 76.6 Å². The van der Waals surface area contributed by atoms with E-state index in [2.05, 4.69) is 5.32 Å². The Labute approximate surface area is 132 Å². The molecule has 0 spiro atoms. The summed E-state index contributed by atoms with van der Waals surface area (Å²) in [6.07, 6.45) is 0. The maximum absolute atomic E-state index is 12.9. The van der Waals surface area contributed by atoms with Gasteiger partial charge in [0.05, 0.1) is 0 Å². The summed E-state index contributed by atoms with van der Waals surface area (Å²) in [5, 5.41) is 21.7. The number of nitrogens with one attached hydrogen (secondary N) is 1. The number of hydrogen-bond acceptors (Lipinski definition) is 4. The Balaban J connectivity index is 2.16.